The highest BCUT2D eigenvalue weighted by molar-refractivity contribution is 5.72. The van der Waals surface area contributed by atoms with E-state index in [1.165, 1.54) is 0 Å². The van der Waals surface area contributed by atoms with Gasteiger partial charge in [-0.05, 0) is 30.7 Å². The zero-order valence-electron chi connectivity index (χ0n) is 9.67. The first kappa shape index (κ1) is 11.4. The number of hydrogen-bond acceptors (Lipinski definition) is 3. The molecule has 0 fully saturated rings. The minimum absolute atomic E-state index is 0.204. The third-order valence-electron chi connectivity index (χ3n) is 2.33. The Labute approximate surface area is 99.8 Å². The Balaban J connectivity index is 2.15. The molecular weight excluding hydrogens is 216 g/mol. The number of benzene rings is 1. The number of ether oxygens (including phenoxy) is 1. The van der Waals surface area contributed by atoms with Crippen LogP contribution < -0.4 is 0 Å². The molecular formula is C13H14N2O2. The fourth-order valence-electron chi connectivity index (χ4n) is 1.61. The third kappa shape index (κ3) is 2.93. The Hall–Kier alpha value is -2.10. The molecule has 1 heterocycles. The van der Waals surface area contributed by atoms with E-state index >= 15 is 0 Å². The molecule has 2 rings (SSSR count). The summed E-state index contributed by atoms with van der Waals surface area (Å²) in [5.74, 6) is -0.204. The molecule has 0 aliphatic heterocycles. The van der Waals surface area contributed by atoms with Crippen LogP contribution in [0, 0.1) is 0 Å². The van der Waals surface area contributed by atoms with Crippen LogP contribution in [0.3, 0.4) is 0 Å². The summed E-state index contributed by atoms with van der Waals surface area (Å²) in [5, 5.41) is 4.14. The van der Waals surface area contributed by atoms with Crippen molar-refractivity contribution in [3.8, 4) is 5.69 Å². The lowest BCUT2D eigenvalue weighted by atomic mass is 10.1. The monoisotopic (exact) mass is 230 g/mol. The topological polar surface area (TPSA) is 44.1 Å². The highest BCUT2D eigenvalue weighted by Crippen LogP contribution is 2.10. The average molecular weight is 230 g/mol. The first-order chi connectivity index (χ1) is 8.29. The standard InChI is InChI=1S/C13H14N2O2/c1-2-17-13(16)10-11-5-3-6-12(9-11)15-8-4-7-14-15/h3-9H,2,10H2,1H3. The summed E-state index contributed by atoms with van der Waals surface area (Å²) in [6, 6.07) is 9.55. The number of hydrogen-bond donors (Lipinski definition) is 0. The Bertz CT molecular complexity index is 492. The maximum atomic E-state index is 11.4. The van der Waals surface area contributed by atoms with Gasteiger partial charge in [-0.25, -0.2) is 4.68 Å². The Morgan fingerprint density at radius 1 is 1.41 bits per heavy atom. The lowest BCUT2D eigenvalue weighted by molar-refractivity contribution is -0.142. The van der Waals surface area contributed by atoms with Gasteiger partial charge in [-0.2, -0.15) is 5.10 Å². The Morgan fingerprint density at radius 2 is 2.29 bits per heavy atom. The normalized spacial score (nSPS) is 10.2. The van der Waals surface area contributed by atoms with Gasteiger partial charge in [0.25, 0.3) is 0 Å². The second kappa shape index (κ2) is 5.30. The summed E-state index contributed by atoms with van der Waals surface area (Å²) in [7, 11) is 0. The largest absolute Gasteiger partial charge is 0.466 e. The van der Waals surface area contributed by atoms with Crippen LogP contribution in [0.5, 0.6) is 0 Å². The number of carbonyl (C=O) groups is 1. The molecule has 0 saturated heterocycles. The summed E-state index contributed by atoms with van der Waals surface area (Å²) in [6.07, 6.45) is 3.88. The second-order valence-corrected chi connectivity index (χ2v) is 3.60. The molecule has 4 nitrogen and oxygen atoms in total. The van der Waals surface area contributed by atoms with E-state index in [1.807, 2.05) is 36.5 Å². The molecule has 0 spiro atoms. The molecule has 0 bridgehead atoms. The fourth-order valence-corrected chi connectivity index (χ4v) is 1.61. The van der Waals surface area contributed by atoms with Gasteiger partial charge in [0.2, 0.25) is 0 Å². The average Bonchev–Trinajstić information content (AvgIpc) is 2.83. The number of nitrogens with zero attached hydrogens (tertiary/aromatic N) is 2. The predicted octanol–water partition coefficient (Wildman–Crippen LogP) is 1.98. The van der Waals surface area contributed by atoms with E-state index in [4.69, 9.17) is 4.74 Å². The van der Waals surface area contributed by atoms with Gasteiger partial charge < -0.3 is 4.74 Å². The number of carbonyl (C=O) groups excluding carboxylic acids is 1. The van der Waals surface area contributed by atoms with Crippen molar-refractivity contribution < 1.29 is 9.53 Å². The lowest BCUT2D eigenvalue weighted by Gasteiger charge is -2.05. The molecule has 2 aromatic rings. The van der Waals surface area contributed by atoms with Crippen molar-refractivity contribution in [1.82, 2.24) is 9.78 Å². The minimum atomic E-state index is -0.204. The van der Waals surface area contributed by atoms with Crippen molar-refractivity contribution in [2.24, 2.45) is 0 Å². The predicted molar refractivity (Wildman–Crippen MR) is 63.9 cm³/mol. The minimum Gasteiger partial charge on any atom is -0.466 e. The van der Waals surface area contributed by atoms with E-state index < -0.39 is 0 Å². The van der Waals surface area contributed by atoms with Gasteiger partial charge in [-0.15, -0.1) is 0 Å². The Kier molecular flexibility index (Phi) is 3.55. The van der Waals surface area contributed by atoms with Crippen LogP contribution in [0.1, 0.15) is 12.5 Å². The number of esters is 1. The molecule has 0 aliphatic carbocycles. The van der Waals surface area contributed by atoms with Gasteiger partial charge in [0.1, 0.15) is 0 Å². The van der Waals surface area contributed by atoms with E-state index in [-0.39, 0.29) is 5.97 Å². The summed E-state index contributed by atoms with van der Waals surface area (Å²) in [4.78, 5) is 11.4. The van der Waals surface area contributed by atoms with Gasteiger partial charge >= 0.3 is 5.97 Å². The highest BCUT2D eigenvalue weighted by Gasteiger charge is 2.05. The van der Waals surface area contributed by atoms with Crippen LogP contribution in [0.2, 0.25) is 0 Å². The fraction of sp³-hybridized carbons (Fsp3) is 0.231. The van der Waals surface area contributed by atoms with Crippen LogP contribution in [0.4, 0.5) is 0 Å². The van der Waals surface area contributed by atoms with Crippen LogP contribution in [-0.4, -0.2) is 22.4 Å². The zero-order valence-corrected chi connectivity index (χ0v) is 9.67. The van der Waals surface area contributed by atoms with Gasteiger partial charge in [-0.1, -0.05) is 12.1 Å². The molecule has 1 aromatic heterocycles. The molecule has 4 heteroatoms. The summed E-state index contributed by atoms with van der Waals surface area (Å²) < 4.78 is 6.67. The van der Waals surface area contributed by atoms with Gasteiger partial charge in [0.15, 0.2) is 0 Å². The second-order valence-electron chi connectivity index (χ2n) is 3.60. The van der Waals surface area contributed by atoms with Crippen molar-refractivity contribution >= 4 is 5.97 Å². The number of rotatable bonds is 4. The van der Waals surface area contributed by atoms with Gasteiger partial charge in [-0.3, -0.25) is 4.79 Å². The van der Waals surface area contributed by atoms with Crippen LogP contribution in [0.15, 0.2) is 42.7 Å². The molecule has 1 aromatic carbocycles. The van der Waals surface area contributed by atoms with Crippen LogP contribution >= 0.6 is 0 Å². The van der Waals surface area contributed by atoms with Crippen molar-refractivity contribution in [3.63, 3.8) is 0 Å². The lowest BCUT2D eigenvalue weighted by Crippen LogP contribution is -2.07. The van der Waals surface area contributed by atoms with Crippen LogP contribution in [-0.2, 0) is 16.0 Å². The summed E-state index contributed by atoms with van der Waals surface area (Å²) in [6.45, 7) is 2.22. The van der Waals surface area contributed by atoms with E-state index in [0.717, 1.165) is 11.3 Å². The van der Waals surface area contributed by atoms with Crippen molar-refractivity contribution in [2.75, 3.05) is 6.61 Å². The molecule has 0 radical (unpaired) electrons. The maximum Gasteiger partial charge on any atom is 0.310 e. The molecule has 88 valence electrons. The summed E-state index contributed by atoms with van der Waals surface area (Å²) >= 11 is 0. The van der Waals surface area contributed by atoms with Crippen molar-refractivity contribution in [2.45, 2.75) is 13.3 Å². The summed E-state index contributed by atoms with van der Waals surface area (Å²) in [5.41, 5.74) is 1.87. The molecule has 0 amide bonds. The molecule has 0 unspecified atom stereocenters. The molecule has 17 heavy (non-hydrogen) atoms. The molecule has 0 N–H and O–H groups in total. The van der Waals surface area contributed by atoms with Gasteiger partial charge in [0.05, 0.1) is 18.7 Å². The number of aromatic nitrogens is 2. The first-order valence-electron chi connectivity index (χ1n) is 5.54. The smallest absolute Gasteiger partial charge is 0.310 e. The highest BCUT2D eigenvalue weighted by atomic mass is 16.5. The zero-order chi connectivity index (χ0) is 12.1. The maximum absolute atomic E-state index is 11.4. The van der Waals surface area contributed by atoms with Gasteiger partial charge in [0, 0.05) is 12.4 Å². The van der Waals surface area contributed by atoms with E-state index in [9.17, 15) is 4.79 Å². The van der Waals surface area contributed by atoms with E-state index in [1.54, 1.807) is 17.8 Å². The molecule has 0 saturated carbocycles. The quantitative estimate of drug-likeness (QED) is 0.754. The Morgan fingerprint density at radius 3 is 3.00 bits per heavy atom. The molecule has 0 aliphatic rings. The SMILES string of the molecule is CCOC(=O)Cc1cccc(-n2cccn2)c1. The molecule has 0 atom stereocenters. The van der Waals surface area contributed by atoms with E-state index in [0.29, 0.717) is 13.0 Å². The van der Waals surface area contributed by atoms with Crippen molar-refractivity contribution in [3.05, 3.63) is 48.3 Å². The third-order valence-corrected chi connectivity index (χ3v) is 2.33. The van der Waals surface area contributed by atoms with Crippen LogP contribution in [0.25, 0.3) is 5.69 Å². The first-order valence-corrected chi connectivity index (χ1v) is 5.54. The van der Waals surface area contributed by atoms with E-state index in [2.05, 4.69) is 5.10 Å². The van der Waals surface area contributed by atoms with Crippen molar-refractivity contribution in [1.29, 1.82) is 0 Å².